The van der Waals surface area contributed by atoms with E-state index < -0.39 is 5.97 Å². The van der Waals surface area contributed by atoms with Crippen LogP contribution in [0.15, 0.2) is 24.3 Å². The van der Waals surface area contributed by atoms with Gasteiger partial charge in [-0.25, -0.2) is 4.79 Å². The molecule has 2 rings (SSSR count). The van der Waals surface area contributed by atoms with Crippen LogP contribution in [0.4, 0.5) is 0 Å². The molecule has 0 saturated heterocycles. The Morgan fingerprint density at radius 2 is 1.80 bits per heavy atom. The van der Waals surface area contributed by atoms with Gasteiger partial charge in [0.1, 0.15) is 5.82 Å². The Hall–Kier alpha value is -2.17. The smallest absolute Gasteiger partial charge is 0.376 e. The number of ether oxygens (including phenoxy) is 1. The quantitative estimate of drug-likeness (QED) is 0.785. The third-order valence-corrected chi connectivity index (χ3v) is 3.17. The number of benzene rings is 1. The van der Waals surface area contributed by atoms with Crippen LogP contribution < -0.4 is 0 Å². The summed E-state index contributed by atoms with van der Waals surface area (Å²) in [5.41, 5.74) is 2.40. The third-order valence-electron chi connectivity index (χ3n) is 3.17. The van der Waals surface area contributed by atoms with Crippen molar-refractivity contribution in [2.45, 2.75) is 33.7 Å². The van der Waals surface area contributed by atoms with Crippen molar-refractivity contribution in [1.82, 2.24) is 14.8 Å². The second-order valence-electron chi connectivity index (χ2n) is 4.55. The largest absolute Gasteiger partial charge is 0.460 e. The van der Waals surface area contributed by atoms with E-state index in [-0.39, 0.29) is 5.82 Å². The second-order valence-corrected chi connectivity index (χ2v) is 4.55. The minimum atomic E-state index is -0.432. The van der Waals surface area contributed by atoms with Crippen molar-refractivity contribution in [2.75, 3.05) is 6.61 Å². The summed E-state index contributed by atoms with van der Waals surface area (Å²) in [5, 5.41) is 7.86. The predicted octanol–water partition coefficient (Wildman–Crippen LogP) is 2.37. The fourth-order valence-electron chi connectivity index (χ4n) is 1.98. The van der Waals surface area contributed by atoms with Gasteiger partial charge >= 0.3 is 5.97 Å². The molecular formula is C15H19N3O2. The molecule has 0 aliphatic heterocycles. The van der Waals surface area contributed by atoms with Crippen molar-refractivity contribution in [3.63, 3.8) is 0 Å². The van der Waals surface area contributed by atoms with Gasteiger partial charge in [0.2, 0.25) is 5.82 Å². The van der Waals surface area contributed by atoms with Crippen molar-refractivity contribution < 1.29 is 9.53 Å². The van der Waals surface area contributed by atoms with Gasteiger partial charge in [-0.2, -0.15) is 0 Å². The highest BCUT2D eigenvalue weighted by atomic mass is 16.5. The molecule has 0 N–H and O–H groups in total. The van der Waals surface area contributed by atoms with E-state index >= 15 is 0 Å². The number of rotatable bonds is 5. The normalized spacial score (nSPS) is 10.6. The lowest BCUT2D eigenvalue weighted by Crippen LogP contribution is -2.15. The minimum Gasteiger partial charge on any atom is -0.460 e. The van der Waals surface area contributed by atoms with Crippen LogP contribution in [0.3, 0.4) is 0 Å². The minimum absolute atomic E-state index is 0.254. The molecule has 1 heterocycles. The monoisotopic (exact) mass is 273 g/mol. The second kappa shape index (κ2) is 6.32. The molecule has 0 radical (unpaired) electrons. The molecule has 0 atom stereocenters. The van der Waals surface area contributed by atoms with E-state index in [0.29, 0.717) is 19.0 Å². The topological polar surface area (TPSA) is 57.0 Å². The first-order valence-corrected chi connectivity index (χ1v) is 6.80. The molecule has 0 fully saturated rings. The molecule has 0 aliphatic rings. The molecule has 0 saturated carbocycles. The van der Waals surface area contributed by atoms with E-state index in [9.17, 15) is 4.79 Å². The molecule has 1 aromatic heterocycles. The Bertz CT molecular complexity index is 588. The van der Waals surface area contributed by atoms with Gasteiger partial charge < -0.3 is 9.30 Å². The van der Waals surface area contributed by atoms with Gasteiger partial charge in [-0.15, -0.1) is 10.2 Å². The van der Waals surface area contributed by atoms with Crippen molar-refractivity contribution in [3.05, 3.63) is 47.0 Å². The first-order valence-electron chi connectivity index (χ1n) is 6.80. The number of carbonyl (C=O) groups is 1. The molecule has 0 aliphatic carbocycles. The van der Waals surface area contributed by atoms with Crippen molar-refractivity contribution in [3.8, 4) is 0 Å². The number of esters is 1. The maximum atomic E-state index is 11.8. The highest BCUT2D eigenvalue weighted by Gasteiger charge is 2.17. The summed E-state index contributed by atoms with van der Waals surface area (Å²) in [6.07, 6.45) is 1.01. The first-order chi connectivity index (χ1) is 9.65. The number of hydrogen-bond acceptors (Lipinski definition) is 4. The third kappa shape index (κ3) is 3.04. The van der Waals surface area contributed by atoms with Crippen LogP contribution in [0.5, 0.6) is 0 Å². The summed E-state index contributed by atoms with van der Waals surface area (Å²) in [6, 6.07) is 8.32. The number of nitrogens with zero attached hydrogens (tertiary/aromatic N) is 3. The summed E-state index contributed by atoms with van der Waals surface area (Å²) in [5.74, 6) is 0.523. The molecule has 0 spiro atoms. The van der Waals surface area contributed by atoms with E-state index in [2.05, 4.69) is 41.4 Å². The Balaban J connectivity index is 2.23. The van der Waals surface area contributed by atoms with Crippen LogP contribution in [-0.2, 0) is 17.7 Å². The molecule has 0 unspecified atom stereocenters. The molecule has 20 heavy (non-hydrogen) atoms. The summed E-state index contributed by atoms with van der Waals surface area (Å²) in [6.45, 7) is 6.62. The highest BCUT2D eigenvalue weighted by molar-refractivity contribution is 5.85. The first kappa shape index (κ1) is 14.2. The standard InChI is InChI=1S/C15H19N3O2/c1-4-12-6-8-13(9-7-12)10-18-11(3)16-17-14(18)15(19)20-5-2/h6-9H,4-5,10H2,1-3H3. The molecule has 5 heteroatoms. The predicted molar refractivity (Wildman–Crippen MR) is 75.6 cm³/mol. The van der Waals surface area contributed by atoms with Crippen LogP contribution in [0.1, 0.15) is 41.4 Å². The van der Waals surface area contributed by atoms with Gasteiger partial charge in [-0.3, -0.25) is 0 Å². The van der Waals surface area contributed by atoms with E-state index in [4.69, 9.17) is 4.74 Å². The number of aryl methyl sites for hydroxylation is 2. The maximum absolute atomic E-state index is 11.8. The summed E-state index contributed by atoms with van der Waals surface area (Å²) in [7, 11) is 0. The molecule has 106 valence electrons. The van der Waals surface area contributed by atoms with Crippen molar-refractivity contribution >= 4 is 5.97 Å². The molecule has 1 aromatic carbocycles. The molecule has 2 aromatic rings. The summed E-state index contributed by atoms with van der Waals surface area (Å²) < 4.78 is 6.77. The fourth-order valence-corrected chi connectivity index (χ4v) is 1.98. The van der Waals surface area contributed by atoms with Gasteiger partial charge in [-0.1, -0.05) is 31.2 Å². The highest BCUT2D eigenvalue weighted by Crippen LogP contribution is 2.10. The van der Waals surface area contributed by atoms with Crippen molar-refractivity contribution in [1.29, 1.82) is 0 Å². The van der Waals surface area contributed by atoms with Gasteiger partial charge in [0, 0.05) is 0 Å². The van der Waals surface area contributed by atoms with Crippen LogP contribution in [0.2, 0.25) is 0 Å². The molecule has 5 nitrogen and oxygen atoms in total. The zero-order chi connectivity index (χ0) is 14.5. The van der Waals surface area contributed by atoms with E-state index in [1.165, 1.54) is 5.56 Å². The SMILES string of the molecule is CCOC(=O)c1nnc(C)n1Cc1ccc(CC)cc1. The molecular weight excluding hydrogens is 254 g/mol. The lowest BCUT2D eigenvalue weighted by molar-refractivity contribution is 0.0506. The Morgan fingerprint density at radius 3 is 2.40 bits per heavy atom. The Labute approximate surface area is 118 Å². The fraction of sp³-hybridized carbons (Fsp3) is 0.400. The van der Waals surface area contributed by atoms with Crippen LogP contribution in [0.25, 0.3) is 0 Å². The Morgan fingerprint density at radius 1 is 1.15 bits per heavy atom. The average Bonchev–Trinajstić information content (AvgIpc) is 2.81. The van der Waals surface area contributed by atoms with E-state index in [1.54, 1.807) is 11.5 Å². The molecule has 0 amide bonds. The van der Waals surface area contributed by atoms with Crippen LogP contribution in [0, 0.1) is 6.92 Å². The van der Waals surface area contributed by atoms with E-state index in [0.717, 1.165) is 12.0 Å². The van der Waals surface area contributed by atoms with Gasteiger partial charge in [-0.05, 0) is 31.4 Å². The average molecular weight is 273 g/mol. The zero-order valence-electron chi connectivity index (χ0n) is 12.1. The van der Waals surface area contributed by atoms with Crippen LogP contribution in [-0.4, -0.2) is 27.3 Å². The van der Waals surface area contributed by atoms with E-state index in [1.807, 2.05) is 6.92 Å². The van der Waals surface area contributed by atoms with Gasteiger partial charge in [0.25, 0.3) is 0 Å². The lowest BCUT2D eigenvalue weighted by atomic mass is 10.1. The van der Waals surface area contributed by atoms with Crippen LogP contribution >= 0.6 is 0 Å². The van der Waals surface area contributed by atoms with Gasteiger partial charge in [0.15, 0.2) is 0 Å². The number of aromatic nitrogens is 3. The number of carbonyl (C=O) groups excluding carboxylic acids is 1. The van der Waals surface area contributed by atoms with Crippen molar-refractivity contribution in [2.24, 2.45) is 0 Å². The van der Waals surface area contributed by atoms with Gasteiger partial charge in [0.05, 0.1) is 13.2 Å². The zero-order valence-corrected chi connectivity index (χ0v) is 12.1. The lowest BCUT2D eigenvalue weighted by Gasteiger charge is -2.08. The molecule has 0 bridgehead atoms. The summed E-state index contributed by atoms with van der Waals surface area (Å²) in [4.78, 5) is 11.8. The summed E-state index contributed by atoms with van der Waals surface area (Å²) >= 11 is 0. The Kier molecular flexibility index (Phi) is 4.50. The maximum Gasteiger partial charge on any atom is 0.376 e. The number of hydrogen-bond donors (Lipinski definition) is 0.